The van der Waals surface area contributed by atoms with E-state index in [4.69, 9.17) is 9.47 Å². The number of amides is 1. The molecule has 0 aromatic heterocycles. The first-order chi connectivity index (χ1) is 11.8. The van der Waals surface area contributed by atoms with Gasteiger partial charge in [0.15, 0.2) is 0 Å². The van der Waals surface area contributed by atoms with E-state index in [2.05, 4.69) is 10.6 Å². The third-order valence-electron chi connectivity index (χ3n) is 5.69. The Bertz CT molecular complexity index is 575. The summed E-state index contributed by atoms with van der Waals surface area (Å²) in [5, 5.41) is 6.43. The van der Waals surface area contributed by atoms with E-state index in [1.807, 2.05) is 24.3 Å². The van der Waals surface area contributed by atoms with Gasteiger partial charge in [-0.3, -0.25) is 4.79 Å². The highest BCUT2D eigenvalue weighted by molar-refractivity contribution is 5.95. The first-order valence-corrected chi connectivity index (χ1v) is 9.11. The van der Waals surface area contributed by atoms with Gasteiger partial charge >= 0.3 is 0 Å². The summed E-state index contributed by atoms with van der Waals surface area (Å²) in [4.78, 5) is 12.5. The maximum absolute atomic E-state index is 12.5. The minimum absolute atomic E-state index is 0.171. The minimum Gasteiger partial charge on any atom is -0.491 e. The lowest BCUT2D eigenvalue weighted by Crippen LogP contribution is -2.31. The molecule has 2 saturated heterocycles. The normalized spacial score (nSPS) is 27.8. The van der Waals surface area contributed by atoms with Crippen molar-refractivity contribution in [3.8, 4) is 5.75 Å². The van der Waals surface area contributed by atoms with E-state index in [9.17, 15) is 4.79 Å². The molecule has 1 spiro atoms. The Morgan fingerprint density at radius 2 is 2.08 bits per heavy atom. The zero-order valence-electron chi connectivity index (χ0n) is 14.1. The lowest BCUT2D eigenvalue weighted by molar-refractivity contribution is -0.118. The molecule has 1 aromatic rings. The summed E-state index contributed by atoms with van der Waals surface area (Å²) in [5.74, 6) is 1.18. The Balaban J connectivity index is 1.27. The van der Waals surface area contributed by atoms with Gasteiger partial charge in [-0.25, -0.2) is 0 Å². The van der Waals surface area contributed by atoms with Crippen molar-refractivity contribution < 1.29 is 14.3 Å². The van der Waals surface area contributed by atoms with Gasteiger partial charge in [-0.2, -0.15) is 0 Å². The lowest BCUT2D eigenvalue weighted by atomic mass is 9.92. The molecule has 2 N–H and O–H groups in total. The van der Waals surface area contributed by atoms with E-state index in [1.165, 1.54) is 0 Å². The van der Waals surface area contributed by atoms with Gasteiger partial charge in [0.2, 0.25) is 5.91 Å². The predicted octanol–water partition coefficient (Wildman–Crippen LogP) is 2.57. The first kappa shape index (κ1) is 15.9. The third-order valence-corrected chi connectivity index (χ3v) is 5.69. The molecular formula is C19H26N2O3. The zero-order chi connectivity index (χ0) is 16.4. The summed E-state index contributed by atoms with van der Waals surface area (Å²) in [5.41, 5.74) is 1.13. The SMILES string of the molecule is O=C(Nc1ccc(OCC2CCCO2)cc1)C1CC12CCNCC2. The second-order valence-electron chi connectivity index (χ2n) is 7.33. The Morgan fingerprint density at radius 1 is 1.29 bits per heavy atom. The van der Waals surface area contributed by atoms with Crippen LogP contribution in [0.2, 0.25) is 0 Å². The van der Waals surface area contributed by atoms with Crippen molar-refractivity contribution in [1.29, 1.82) is 0 Å². The average Bonchev–Trinajstić information content (AvgIpc) is 3.06. The van der Waals surface area contributed by atoms with Crippen molar-refractivity contribution >= 4 is 11.6 Å². The average molecular weight is 330 g/mol. The van der Waals surface area contributed by atoms with E-state index in [-0.39, 0.29) is 23.3 Å². The summed E-state index contributed by atoms with van der Waals surface area (Å²) >= 11 is 0. The van der Waals surface area contributed by atoms with Crippen LogP contribution in [-0.4, -0.2) is 38.3 Å². The smallest absolute Gasteiger partial charge is 0.228 e. The largest absolute Gasteiger partial charge is 0.491 e. The van der Waals surface area contributed by atoms with Gasteiger partial charge < -0.3 is 20.1 Å². The van der Waals surface area contributed by atoms with Crippen LogP contribution >= 0.6 is 0 Å². The molecule has 2 atom stereocenters. The number of carbonyl (C=O) groups is 1. The van der Waals surface area contributed by atoms with Crippen molar-refractivity contribution in [2.45, 2.75) is 38.2 Å². The number of hydrogen-bond acceptors (Lipinski definition) is 4. The maximum Gasteiger partial charge on any atom is 0.228 e. The van der Waals surface area contributed by atoms with Crippen LogP contribution in [0.5, 0.6) is 5.75 Å². The number of ether oxygens (including phenoxy) is 2. The highest BCUT2D eigenvalue weighted by Gasteiger charge is 2.57. The van der Waals surface area contributed by atoms with Crippen molar-refractivity contribution in [3.63, 3.8) is 0 Å². The fourth-order valence-corrected chi connectivity index (χ4v) is 4.02. The molecule has 2 unspecified atom stereocenters. The van der Waals surface area contributed by atoms with E-state index in [0.29, 0.717) is 6.61 Å². The quantitative estimate of drug-likeness (QED) is 0.871. The van der Waals surface area contributed by atoms with Gasteiger partial charge in [-0.15, -0.1) is 0 Å². The monoisotopic (exact) mass is 330 g/mol. The van der Waals surface area contributed by atoms with E-state index < -0.39 is 0 Å². The molecule has 1 saturated carbocycles. The topological polar surface area (TPSA) is 59.6 Å². The zero-order valence-corrected chi connectivity index (χ0v) is 14.1. The maximum atomic E-state index is 12.5. The summed E-state index contributed by atoms with van der Waals surface area (Å²) in [6.07, 6.45) is 5.72. The van der Waals surface area contributed by atoms with E-state index in [0.717, 1.165) is 63.2 Å². The summed E-state index contributed by atoms with van der Waals surface area (Å²) in [6.45, 7) is 3.53. The van der Waals surface area contributed by atoms with Crippen LogP contribution in [0.3, 0.4) is 0 Å². The molecule has 1 aliphatic carbocycles. The van der Waals surface area contributed by atoms with Gasteiger partial charge in [0.1, 0.15) is 12.4 Å². The van der Waals surface area contributed by atoms with Crippen LogP contribution in [-0.2, 0) is 9.53 Å². The number of rotatable bonds is 5. The van der Waals surface area contributed by atoms with Crippen LogP contribution in [0.25, 0.3) is 0 Å². The van der Waals surface area contributed by atoms with Crippen LogP contribution in [0, 0.1) is 11.3 Å². The molecular weight excluding hydrogens is 304 g/mol. The third kappa shape index (κ3) is 3.42. The Labute approximate surface area is 143 Å². The number of nitrogens with one attached hydrogen (secondary N) is 2. The van der Waals surface area contributed by atoms with Gasteiger partial charge in [-0.05, 0) is 74.9 Å². The van der Waals surface area contributed by atoms with Gasteiger partial charge in [-0.1, -0.05) is 0 Å². The van der Waals surface area contributed by atoms with Crippen LogP contribution in [0.1, 0.15) is 32.1 Å². The number of hydrogen-bond donors (Lipinski definition) is 2. The summed E-state index contributed by atoms with van der Waals surface area (Å²) in [7, 11) is 0. The molecule has 5 nitrogen and oxygen atoms in total. The molecule has 3 aliphatic rings. The number of anilines is 1. The standard InChI is InChI=1S/C19H26N2O3/c22-18(17-12-19(17)7-9-20-10-8-19)21-14-3-5-15(6-4-14)24-13-16-2-1-11-23-16/h3-6,16-17,20H,1-2,7-13H2,(H,21,22). The Morgan fingerprint density at radius 3 is 2.79 bits per heavy atom. The Kier molecular flexibility index (Phi) is 4.46. The molecule has 4 rings (SSSR count). The van der Waals surface area contributed by atoms with Crippen LogP contribution in [0.15, 0.2) is 24.3 Å². The minimum atomic E-state index is 0.171. The molecule has 3 fully saturated rings. The molecule has 0 bridgehead atoms. The summed E-state index contributed by atoms with van der Waals surface area (Å²) < 4.78 is 11.3. The molecule has 1 amide bonds. The molecule has 1 aromatic carbocycles. The van der Waals surface area contributed by atoms with Gasteiger partial charge in [0.05, 0.1) is 6.10 Å². The lowest BCUT2D eigenvalue weighted by Gasteiger charge is -2.23. The second-order valence-corrected chi connectivity index (χ2v) is 7.33. The molecule has 0 radical (unpaired) electrons. The van der Waals surface area contributed by atoms with Crippen LogP contribution in [0.4, 0.5) is 5.69 Å². The fourth-order valence-electron chi connectivity index (χ4n) is 4.02. The van der Waals surface area contributed by atoms with Crippen molar-refractivity contribution in [3.05, 3.63) is 24.3 Å². The van der Waals surface area contributed by atoms with Crippen LogP contribution < -0.4 is 15.4 Å². The summed E-state index contributed by atoms with van der Waals surface area (Å²) in [6, 6.07) is 7.66. The second kappa shape index (κ2) is 6.73. The first-order valence-electron chi connectivity index (χ1n) is 9.11. The fraction of sp³-hybridized carbons (Fsp3) is 0.632. The van der Waals surface area contributed by atoms with Crippen molar-refractivity contribution in [1.82, 2.24) is 5.32 Å². The molecule has 5 heteroatoms. The molecule has 2 aliphatic heterocycles. The van der Waals surface area contributed by atoms with E-state index in [1.54, 1.807) is 0 Å². The number of benzene rings is 1. The molecule has 130 valence electrons. The van der Waals surface area contributed by atoms with E-state index >= 15 is 0 Å². The number of piperidine rings is 1. The van der Waals surface area contributed by atoms with Gasteiger partial charge in [0.25, 0.3) is 0 Å². The molecule has 24 heavy (non-hydrogen) atoms. The Hall–Kier alpha value is -1.59. The van der Waals surface area contributed by atoms with Gasteiger partial charge in [0, 0.05) is 18.2 Å². The predicted molar refractivity (Wildman–Crippen MR) is 92.2 cm³/mol. The van der Waals surface area contributed by atoms with Crippen molar-refractivity contribution in [2.24, 2.45) is 11.3 Å². The highest BCUT2D eigenvalue weighted by Crippen LogP contribution is 2.58. The molecule has 2 heterocycles. The number of carbonyl (C=O) groups excluding carboxylic acids is 1. The van der Waals surface area contributed by atoms with Crippen molar-refractivity contribution in [2.75, 3.05) is 31.6 Å². The highest BCUT2D eigenvalue weighted by atomic mass is 16.5.